The van der Waals surface area contributed by atoms with Crippen LogP contribution in [0.25, 0.3) is 0 Å². The van der Waals surface area contributed by atoms with Gasteiger partial charge in [-0.25, -0.2) is 4.79 Å². The molecule has 0 bridgehead atoms. The molecule has 14 atom stereocenters. The Balaban J connectivity index is 1.31. The number of hydrogen-bond donors (Lipinski definition) is 7. The van der Waals surface area contributed by atoms with E-state index in [0.717, 1.165) is 23.0 Å². The van der Waals surface area contributed by atoms with Crippen LogP contribution in [0.2, 0.25) is 0 Å². The predicted molar refractivity (Wildman–Crippen MR) is 184 cm³/mol. The Labute approximate surface area is 295 Å². The lowest BCUT2D eigenvalue weighted by atomic mass is 9.36. The molecule has 5 fully saturated rings. The molecular weight excluding hydrogens is 638 g/mol. The van der Waals surface area contributed by atoms with Crippen LogP contribution in [-0.2, 0) is 27.4 Å². The average molecular weight is 696 g/mol. The van der Waals surface area contributed by atoms with Crippen molar-refractivity contribution in [1.82, 2.24) is 5.32 Å². The van der Waals surface area contributed by atoms with E-state index in [2.05, 4.69) is 5.32 Å². The number of carbonyl (C=O) groups is 2. The average Bonchev–Trinajstić information content (AvgIpc) is 3.57. The monoisotopic (exact) mass is 695 g/mol. The van der Waals surface area contributed by atoms with Gasteiger partial charge < -0.3 is 45.5 Å². The summed E-state index contributed by atoms with van der Waals surface area (Å²) in [4.78, 5) is 26.6. The first-order valence-electron chi connectivity index (χ1n) is 18.9. The van der Waals surface area contributed by atoms with Crippen molar-refractivity contribution in [2.24, 2.45) is 46.3 Å². The first-order valence-corrected chi connectivity index (χ1v) is 18.9. The van der Waals surface area contributed by atoms with Crippen molar-refractivity contribution in [3.63, 3.8) is 0 Å². The number of fused-ring (bicyclic) bond motifs is 9. The molecular formula is C40H57NO9. The third kappa shape index (κ3) is 4.71. The van der Waals surface area contributed by atoms with E-state index < -0.39 is 63.8 Å². The van der Waals surface area contributed by atoms with Gasteiger partial charge in [0.15, 0.2) is 0 Å². The molecule has 0 amide bonds. The molecule has 5 saturated carbocycles. The number of carbonyl (C=O) groups excluding carboxylic acids is 2. The molecule has 50 heavy (non-hydrogen) atoms. The Morgan fingerprint density at radius 2 is 1.78 bits per heavy atom. The normalized spacial score (nSPS) is 46.9. The number of nitrogens with one attached hydrogen (secondary N) is 1. The zero-order valence-corrected chi connectivity index (χ0v) is 29.9. The van der Waals surface area contributed by atoms with Crippen molar-refractivity contribution in [3.8, 4) is 0 Å². The Morgan fingerprint density at radius 1 is 1.06 bits per heavy atom. The quantitative estimate of drug-likeness (QED) is 0.150. The Morgan fingerprint density at radius 3 is 2.44 bits per heavy atom. The molecule has 1 aliphatic heterocycles. The van der Waals surface area contributed by atoms with Crippen LogP contribution in [0.1, 0.15) is 89.7 Å². The molecule has 276 valence electrons. The number of hydrogen-bond acceptors (Lipinski definition) is 10. The van der Waals surface area contributed by atoms with Crippen LogP contribution >= 0.6 is 0 Å². The predicted octanol–water partition coefficient (Wildman–Crippen LogP) is 2.58. The number of aliphatic hydroxyl groups excluding tert-OH is 3. The van der Waals surface area contributed by atoms with Crippen LogP contribution < -0.4 is 5.32 Å². The second-order valence-corrected chi connectivity index (χ2v) is 17.6. The van der Waals surface area contributed by atoms with Crippen LogP contribution in [0.15, 0.2) is 35.9 Å². The van der Waals surface area contributed by atoms with E-state index in [4.69, 9.17) is 4.74 Å². The van der Waals surface area contributed by atoms with Gasteiger partial charge in [0.1, 0.15) is 23.6 Å². The van der Waals surface area contributed by atoms with Crippen LogP contribution in [-0.4, -0.2) is 91.1 Å². The fourth-order valence-corrected chi connectivity index (χ4v) is 12.9. The first kappa shape index (κ1) is 36.2. The molecule has 1 aromatic rings. The lowest BCUT2D eigenvalue weighted by Crippen LogP contribution is -2.84. The maximum Gasteiger partial charge on any atom is 0.331 e. The minimum Gasteiger partial charge on any atom is -0.454 e. The standard InChI is InChI=1S/C40H57NO9/c1-22(2)9-10-29-35(46)40(49)31(37(21-43)14-11-26(44)19-38(29,37)47)12-13-36(3)33-25(18-39(36,40)48)15-27(34-28(33)17-32(45)50-34)30(41-4)16-23-7-5-6-8-24(23)20-42/h5-8,17,21-22,25-27,29-31,33-35,41-42,44,46-49H,9-16,18-20H2,1-4H3/t25-,26-,27-,29-,30+,31+,33+,34-,35-,36-,37+,38+,39+,40-/m0/s1. The van der Waals surface area contributed by atoms with Gasteiger partial charge in [0.25, 0.3) is 0 Å². The van der Waals surface area contributed by atoms with Gasteiger partial charge in [0.05, 0.1) is 29.8 Å². The van der Waals surface area contributed by atoms with Gasteiger partial charge in [0.2, 0.25) is 0 Å². The van der Waals surface area contributed by atoms with E-state index >= 15 is 0 Å². The van der Waals surface area contributed by atoms with Crippen molar-refractivity contribution in [2.75, 3.05) is 7.05 Å². The molecule has 5 aliphatic carbocycles. The molecule has 0 saturated heterocycles. The van der Waals surface area contributed by atoms with Crippen LogP contribution in [0.5, 0.6) is 0 Å². The number of likely N-dealkylation sites (N-methyl/N-ethyl adjacent to an activating group) is 1. The lowest BCUT2D eigenvalue weighted by Gasteiger charge is -2.71. The highest BCUT2D eigenvalue weighted by molar-refractivity contribution is 5.86. The number of benzene rings is 1. The summed E-state index contributed by atoms with van der Waals surface area (Å²) in [6, 6.07) is 7.60. The Hall–Kier alpha value is -2.18. The van der Waals surface area contributed by atoms with Crippen molar-refractivity contribution in [3.05, 3.63) is 47.0 Å². The van der Waals surface area contributed by atoms with Crippen molar-refractivity contribution in [1.29, 1.82) is 0 Å². The highest BCUT2D eigenvalue weighted by Gasteiger charge is 2.83. The topological polar surface area (TPSA) is 177 Å². The molecule has 7 N–H and O–H groups in total. The smallest absolute Gasteiger partial charge is 0.331 e. The number of esters is 1. The summed E-state index contributed by atoms with van der Waals surface area (Å²) in [6.07, 6.45) is 2.77. The van der Waals surface area contributed by atoms with Gasteiger partial charge in [0, 0.05) is 41.7 Å². The summed E-state index contributed by atoms with van der Waals surface area (Å²) < 4.78 is 6.05. The summed E-state index contributed by atoms with van der Waals surface area (Å²) in [5, 5.41) is 76.2. The SMILES string of the molecule is CN[C@H](Cc1ccccc1CO)[C@@H]1C[C@H]2C[C@]3(O)[C@@]4(O)[C@@H](O)[C@H](CCC(C)C)[C@]5(O)C[C@@H](O)CC[C@@]5(C=O)[C@H]4CC[C@@]3(C)[C@H]2C2=CC(=O)O[C@H]21. The molecule has 6 aliphatic rings. The largest absolute Gasteiger partial charge is 0.454 e. The van der Waals surface area contributed by atoms with E-state index in [1.807, 2.05) is 52.1 Å². The van der Waals surface area contributed by atoms with Gasteiger partial charge in [-0.1, -0.05) is 51.5 Å². The summed E-state index contributed by atoms with van der Waals surface area (Å²) >= 11 is 0. The van der Waals surface area contributed by atoms with Crippen LogP contribution in [0.4, 0.5) is 0 Å². The van der Waals surface area contributed by atoms with Gasteiger partial charge in [-0.05, 0) is 92.9 Å². The van der Waals surface area contributed by atoms with E-state index in [0.29, 0.717) is 32.1 Å². The lowest BCUT2D eigenvalue weighted by molar-refractivity contribution is -0.364. The highest BCUT2D eigenvalue weighted by atomic mass is 16.5. The highest BCUT2D eigenvalue weighted by Crippen LogP contribution is 2.75. The first-order chi connectivity index (χ1) is 23.7. The van der Waals surface area contributed by atoms with E-state index in [1.54, 1.807) is 6.08 Å². The fraction of sp³-hybridized carbons (Fsp3) is 0.750. The van der Waals surface area contributed by atoms with Crippen molar-refractivity contribution >= 4 is 12.3 Å². The fourth-order valence-electron chi connectivity index (χ4n) is 12.9. The number of aldehydes is 1. The minimum absolute atomic E-state index is 0.0698. The summed E-state index contributed by atoms with van der Waals surface area (Å²) in [7, 11) is 1.88. The molecule has 1 aromatic carbocycles. The molecule has 0 radical (unpaired) electrons. The molecule has 0 unspecified atom stereocenters. The third-order valence-electron chi connectivity index (χ3n) is 15.2. The Kier molecular flexibility index (Phi) is 9.02. The minimum atomic E-state index is -2.13. The summed E-state index contributed by atoms with van der Waals surface area (Å²) in [5.74, 6) is -2.73. The van der Waals surface area contributed by atoms with Crippen LogP contribution in [0.3, 0.4) is 0 Å². The van der Waals surface area contributed by atoms with E-state index in [-0.39, 0.29) is 68.4 Å². The molecule has 0 aromatic heterocycles. The van der Waals surface area contributed by atoms with Crippen LogP contribution in [0, 0.1) is 46.3 Å². The molecule has 10 heteroatoms. The molecule has 1 heterocycles. The van der Waals surface area contributed by atoms with Crippen molar-refractivity contribution < 1.29 is 45.0 Å². The summed E-state index contributed by atoms with van der Waals surface area (Å²) in [6.45, 7) is 5.96. The van der Waals surface area contributed by atoms with E-state index in [1.165, 1.54) is 0 Å². The number of ether oxygens (including phenoxy) is 1. The zero-order valence-electron chi connectivity index (χ0n) is 29.9. The van der Waals surface area contributed by atoms with Gasteiger partial charge in [-0.3, -0.25) is 0 Å². The number of aliphatic hydroxyl groups is 6. The summed E-state index contributed by atoms with van der Waals surface area (Å²) in [5.41, 5.74) is -5.52. The third-order valence-corrected chi connectivity index (χ3v) is 15.2. The van der Waals surface area contributed by atoms with Gasteiger partial charge in [-0.2, -0.15) is 0 Å². The number of rotatable bonds is 9. The van der Waals surface area contributed by atoms with Gasteiger partial charge in [-0.15, -0.1) is 0 Å². The van der Waals surface area contributed by atoms with Crippen molar-refractivity contribution in [2.45, 2.75) is 133 Å². The zero-order chi connectivity index (χ0) is 36.0. The molecule has 7 rings (SSSR count). The molecule has 10 nitrogen and oxygen atoms in total. The second kappa shape index (κ2) is 12.5. The Bertz CT molecular complexity index is 1530. The maximum absolute atomic E-state index is 13.5. The van der Waals surface area contributed by atoms with Gasteiger partial charge >= 0.3 is 5.97 Å². The van der Waals surface area contributed by atoms with E-state index in [9.17, 15) is 40.2 Å². The second-order valence-electron chi connectivity index (χ2n) is 17.6. The molecule has 0 spiro atoms. The maximum atomic E-state index is 13.5.